The van der Waals surface area contributed by atoms with E-state index in [0.29, 0.717) is 18.8 Å². The summed E-state index contributed by atoms with van der Waals surface area (Å²) in [6.45, 7) is 10.8. The van der Waals surface area contributed by atoms with Gasteiger partial charge in [-0.3, -0.25) is 9.59 Å². The summed E-state index contributed by atoms with van der Waals surface area (Å²) in [5, 5.41) is 0. The molecule has 1 fully saturated rings. The van der Waals surface area contributed by atoms with Crippen molar-refractivity contribution in [2.75, 3.05) is 14.2 Å². The molecule has 1 saturated carbocycles. The van der Waals surface area contributed by atoms with Crippen molar-refractivity contribution in [3.05, 3.63) is 12.7 Å². The van der Waals surface area contributed by atoms with Crippen LogP contribution < -0.4 is 0 Å². The minimum absolute atomic E-state index is 0.171. The van der Waals surface area contributed by atoms with E-state index < -0.39 is 25.4 Å². The average Bonchev–Trinajstić information content (AvgIpc) is 2.97. The first-order chi connectivity index (χ1) is 10.9. The third-order valence-corrected chi connectivity index (χ3v) is 12.1. The molecule has 132 valence electrons. The lowest BCUT2D eigenvalue weighted by Crippen LogP contribution is -2.40. The molecule has 1 aliphatic rings. The van der Waals surface area contributed by atoms with Gasteiger partial charge in [0.05, 0.1) is 22.3 Å². The second-order valence-corrected chi connectivity index (χ2v) is 12.4. The van der Waals surface area contributed by atoms with Crippen LogP contribution in [0.3, 0.4) is 0 Å². The van der Waals surface area contributed by atoms with Crippen LogP contribution in [-0.2, 0) is 19.1 Å². The highest BCUT2D eigenvalue weighted by atomic mass is 28.3. The molecule has 0 N–H and O–H groups in total. The maximum atomic E-state index is 12.4. The highest BCUT2D eigenvalue weighted by Crippen LogP contribution is 2.51. The number of carbonyl (C=O) groups is 2. The number of hydrogen-bond acceptors (Lipinski definition) is 4. The molecule has 0 aromatic rings. The molecule has 1 rings (SSSR count). The standard InChI is InChI=1S/C18H32O4Si/c1-7-14-11-18(16(19)21-5,17(20)22-6)12-15(14)13-23(8-2,9-3)10-4/h7,14-15H,1,8-13H2,2-6H3/t14-,15+/m1/s1. The van der Waals surface area contributed by atoms with Gasteiger partial charge in [-0.2, -0.15) is 0 Å². The highest BCUT2D eigenvalue weighted by molar-refractivity contribution is 6.79. The monoisotopic (exact) mass is 340 g/mol. The van der Waals surface area contributed by atoms with Crippen molar-refractivity contribution < 1.29 is 19.1 Å². The van der Waals surface area contributed by atoms with Crippen LogP contribution in [0, 0.1) is 17.3 Å². The number of rotatable bonds is 8. The molecule has 1 aliphatic carbocycles. The first kappa shape index (κ1) is 19.9. The van der Waals surface area contributed by atoms with Crippen LogP contribution >= 0.6 is 0 Å². The Morgan fingerprint density at radius 1 is 1.09 bits per heavy atom. The Bertz CT molecular complexity index is 418. The van der Waals surface area contributed by atoms with E-state index in [2.05, 4.69) is 27.4 Å². The molecule has 0 spiro atoms. The number of methoxy groups -OCH3 is 2. The van der Waals surface area contributed by atoms with E-state index in [-0.39, 0.29) is 5.92 Å². The Labute approximate surface area is 141 Å². The predicted molar refractivity (Wildman–Crippen MR) is 94.9 cm³/mol. The van der Waals surface area contributed by atoms with E-state index >= 15 is 0 Å². The van der Waals surface area contributed by atoms with Crippen molar-refractivity contribution in [2.45, 2.75) is 57.8 Å². The van der Waals surface area contributed by atoms with Crippen LogP contribution in [0.1, 0.15) is 33.6 Å². The van der Waals surface area contributed by atoms with E-state index in [1.54, 1.807) is 0 Å². The molecule has 23 heavy (non-hydrogen) atoms. The highest BCUT2D eigenvalue weighted by Gasteiger charge is 2.57. The van der Waals surface area contributed by atoms with E-state index in [9.17, 15) is 9.59 Å². The smallest absolute Gasteiger partial charge is 0.323 e. The van der Waals surface area contributed by atoms with Crippen molar-refractivity contribution in [2.24, 2.45) is 17.3 Å². The van der Waals surface area contributed by atoms with Gasteiger partial charge in [0.1, 0.15) is 0 Å². The Morgan fingerprint density at radius 2 is 1.57 bits per heavy atom. The summed E-state index contributed by atoms with van der Waals surface area (Å²) < 4.78 is 9.90. The van der Waals surface area contributed by atoms with Crippen LogP contribution in [-0.4, -0.2) is 34.2 Å². The van der Waals surface area contributed by atoms with Crippen molar-refractivity contribution in [1.29, 1.82) is 0 Å². The van der Waals surface area contributed by atoms with Crippen molar-refractivity contribution in [3.63, 3.8) is 0 Å². The number of esters is 2. The van der Waals surface area contributed by atoms with Crippen molar-refractivity contribution in [3.8, 4) is 0 Å². The lowest BCUT2D eigenvalue weighted by atomic mass is 9.85. The van der Waals surface area contributed by atoms with Gasteiger partial charge in [-0.05, 0) is 24.7 Å². The summed E-state index contributed by atoms with van der Waals surface area (Å²) in [5.74, 6) is -0.437. The summed E-state index contributed by atoms with van der Waals surface area (Å²) in [5.41, 5.74) is -1.15. The molecule has 0 saturated heterocycles. The molecule has 5 heteroatoms. The molecule has 0 amide bonds. The lowest BCUT2D eigenvalue weighted by Gasteiger charge is -2.33. The van der Waals surface area contributed by atoms with E-state index in [0.717, 1.165) is 6.04 Å². The molecular weight excluding hydrogens is 308 g/mol. The van der Waals surface area contributed by atoms with Gasteiger partial charge in [-0.15, -0.1) is 6.58 Å². The van der Waals surface area contributed by atoms with Crippen LogP contribution in [0.15, 0.2) is 12.7 Å². The summed E-state index contributed by atoms with van der Waals surface area (Å²) in [6.07, 6.45) is 2.90. The molecule has 0 bridgehead atoms. The minimum Gasteiger partial charge on any atom is -0.468 e. The molecule has 0 aliphatic heterocycles. The van der Waals surface area contributed by atoms with Crippen molar-refractivity contribution in [1.82, 2.24) is 0 Å². The Balaban J connectivity index is 3.13. The fourth-order valence-corrected chi connectivity index (χ4v) is 8.22. The maximum absolute atomic E-state index is 12.4. The maximum Gasteiger partial charge on any atom is 0.323 e. The molecule has 0 unspecified atom stereocenters. The van der Waals surface area contributed by atoms with Gasteiger partial charge in [0.25, 0.3) is 0 Å². The minimum atomic E-state index is -1.34. The lowest BCUT2D eigenvalue weighted by molar-refractivity contribution is -0.169. The molecule has 2 atom stereocenters. The van der Waals surface area contributed by atoms with Gasteiger partial charge >= 0.3 is 11.9 Å². The van der Waals surface area contributed by atoms with E-state index in [4.69, 9.17) is 9.47 Å². The SMILES string of the molecule is C=C[C@@H]1CC(C(=O)OC)(C(=O)OC)C[C@H]1C[Si](CC)(CC)CC. The second kappa shape index (κ2) is 8.13. The number of hydrogen-bond donors (Lipinski definition) is 0. The topological polar surface area (TPSA) is 52.6 Å². The third-order valence-electron chi connectivity index (χ3n) is 6.20. The van der Waals surface area contributed by atoms with Crippen LogP contribution in [0.5, 0.6) is 0 Å². The van der Waals surface area contributed by atoms with Gasteiger partial charge in [-0.1, -0.05) is 51.0 Å². The summed E-state index contributed by atoms with van der Waals surface area (Å²) in [6, 6.07) is 4.86. The molecular formula is C18H32O4Si. The zero-order valence-corrected chi connectivity index (χ0v) is 16.3. The van der Waals surface area contributed by atoms with Gasteiger partial charge in [0, 0.05) is 0 Å². The Hall–Kier alpha value is -1.10. The first-order valence-corrected chi connectivity index (χ1v) is 11.5. The van der Waals surface area contributed by atoms with Crippen LogP contribution in [0.25, 0.3) is 0 Å². The van der Waals surface area contributed by atoms with Crippen molar-refractivity contribution >= 4 is 20.0 Å². The van der Waals surface area contributed by atoms with Crippen LogP contribution in [0.2, 0.25) is 24.2 Å². The molecule has 0 aromatic carbocycles. The largest absolute Gasteiger partial charge is 0.468 e. The molecule has 0 aromatic heterocycles. The predicted octanol–water partition coefficient (Wildman–Crippen LogP) is 4.04. The fourth-order valence-electron chi connectivity index (χ4n) is 4.30. The molecule has 4 nitrogen and oxygen atoms in total. The zero-order chi connectivity index (χ0) is 17.7. The van der Waals surface area contributed by atoms with Crippen LogP contribution in [0.4, 0.5) is 0 Å². The Kier molecular flexibility index (Phi) is 7.05. The van der Waals surface area contributed by atoms with Gasteiger partial charge in [0.15, 0.2) is 5.41 Å². The molecule has 0 radical (unpaired) electrons. The quantitative estimate of drug-likeness (QED) is 0.290. The Morgan fingerprint density at radius 3 is 1.91 bits per heavy atom. The number of ether oxygens (including phenoxy) is 2. The number of carbonyl (C=O) groups excluding carboxylic acids is 2. The number of allylic oxidation sites excluding steroid dienone is 1. The third kappa shape index (κ3) is 3.70. The summed E-state index contributed by atoms with van der Waals surface area (Å²) in [7, 11) is 1.33. The van der Waals surface area contributed by atoms with Gasteiger partial charge in [-0.25, -0.2) is 0 Å². The van der Waals surface area contributed by atoms with Gasteiger partial charge < -0.3 is 9.47 Å². The normalized spacial score (nSPS) is 23.3. The zero-order valence-electron chi connectivity index (χ0n) is 15.3. The van der Waals surface area contributed by atoms with E-state index in [1.807, 2.05) is 6.08 Å². The molecule has 0 heterocycles. The van der Waals surface area contributed by atoms with E-state index in [1.165, 1.54) is 32.4 Å². The fraction of sp³-hybridized carbons (Fsp3) is 0.778. The average molecular weight is 341 g/mol. The second-order valence-electron chi connectivity index (χ2n) is 6.90. The summed E-state index contributed by atoms with van der Waals surface area (Å²) >= 11 is 0. The summed E-state index contributed by atoms with van der Waals surface area (Å²) in [4.78, 5) is 24.7. The first-order valence-electron chi connectivity index (χ1n) is 8.68. The van der Waals surface area contributed by atoms with Gasteiger partial charge in [0.2, 0.25) is 0 Å².